The minimum Gasteiger partial charge on any atom is -0.481 e. The Morgan fingerprint density at radius 1 is 1.27 bits per heavy atom. The lowest BCUT2D eigenvalue weighted by Crippen LogP contribution is -2.48. The SMILES string of the molecule is CC1(C(=O)O)CCCN(C(=O)c2nccc3ccccc23)C1. The van der Waals surface area contributed by atoms with Gasteiger partial charge in [0, 0.05) is 24.7 Å². The Morgan fingerprint density at radius 2 is 2.05 bits per heavy atom. The lowest BCUT2D eigenvalue weighted by molar-refractivity contribution is -0.150. The van der Waals surface area contributed by atoms with Crippen LogP contribution in [0.4, 0.5) is 0 Å². The van der Waals surface area contributed by atoms with E-state index in [9.17, 15) is 14.7 Å². The smallest absolute Gasteiger partial charge is 0.311 e. The maximum atomic E-state index is 12.8. The third kappa shape index (κ3) is 2.43. The first-order valence-electron chi connectivity index (χ1n) is 7.38. The van der Waals surface area contributed by atoms with Crippen molar-refractivity contribution in [3.05, 3.63) is 42.2 Å². The molecule has 1 aliphatic rings. The number of carboxylic acid groups (broad SMARTS) is 1. The minimum absolute atomic E-state index is 0.191. The molecule has 2 heterocycles. The molecule has 1 saturated heterocycles. The van der Waals surface area contributed by atoms with E-state index in [0.29, 0.717) is 25.1 Å². The van der Waals surface area contributed by atoms with Gasteiger partial charge in [0.25, 0.3) is 5.91 Å². The molecule has 1 aliphatic heterocycles. The predicted octanol–water partition coefficient (Wildman–Crippen LogP) is 2.56. The van der Waals surface area contributed by atoms with Crippen LogP contribution in [0.5, 0.6) is 0 Å². The molecule has 22 heavy (non-hydrogen) atoms. The molecular formula is C17H18N2O3. The molecule has 0 spiro atoms. The van der Waals surface area contributed by atoms with Crippen LogP contribution in [0.25, 0.3) is 10.8 Å². The van der Waals surface area contributed by atoms with Gasteiger partial charge < -0.3 is 10.0 Å². The number of nitrogens with zero attached hydrogens (tertiary/aromatic N) is 2. The summed E-state index contributed by atoms with van der Waals surface area (Å²) in [4.78, 5) is 30.1. The highest BCUT2D eigenvalue weighted by molar-refractivity contribution is 6.05. The van der Waals surface area contributed by atoms with Crippen molar-refractivity contribution in [1.82, 2.24) is 9.88 Å². The summed E-state index contributed by atoms with van der Waals surface area (Å²) in [7, 11) is 0. The van der Waals surface area contributed by atoms with Crippen LogP contribution in [-0.4, -0.2) is 40.0 Å². The van der Waals surface area contributed by atoms with Crippen molar-refractivity contribution in [2.75, 3.05) is 13.1 Å². The molecule has 2 aromatic rings. The second kappa shape index (κ2) is 5.40. The van der Waals surface area contributed by atoms with Gasteiger partial charge in [-0.2, -0.15) is 0 Å². The molecular weight excluding hydrogens is 280 g/mol. The minimum atomic E-state index is -0.876. The Kier molecular flexibility index (Phi) is 3.56. The van der Waals surface area contributed by atoms with E-state index < -0.39 is 11.4 Å². The molecule has 1 atom stereocenters. The standard InChI is InChI=1S/C17H18N2O3/c1-17(16(21)22)8-4-10-19(11-17)15(20)14-13-6-3-2-5-12(13)7-9-18-14/h2-3,5-7,9H,4,8,10-11H2,1H3,(H,21,22). The number of hydrogen-bond acceptors (Lipinski definition) is 3. The second-order valence-corrected chi connectivity index (χ2v) is 6.08. The molecule has 0 saturated carbocycles. The number of fused-ring (bicyclic) bond motifs is 1. The number of carbonyl (C=O) groups excluding carboxylic acids is 1. The van der Waals surface area contributed by atoms with Crippen molar-refractivity contribution in [3.8, 4) is 0 Å². The van der Waals surface area contributed by atoms with Crippen LogP contribution in [0.15, 0.2) is 36.5 Å². The molecule has 1 N–H and O–H groups in total. The lowest BCUT2D eigenvalue weighted by Gasteiger charge is -2.37. The Labute approximate surface area is 128 Å². The topological polar surface area (TPSA) is 70.5 Å². The third-order valence-corrected chi connectivity index (χ3v) is 4.38. The predicted molar refractivity (Wildman–Crippen MR) is 82.6 cm³/mol. The second-order valence-electron chi connectivity index (χ2n) is 6.08. The average Bonchev–Trinajstić information content (AvgIpc) is 2.53. The number of rotatable bonds is 2. The molecule has 0 bridgehead atoms. The number of piperidine rings is 1. The van der Waals surface area contributed by atoms with Crippen LogP contribution < -0.4 is 0 Å². The van der Waals surface area contributed by atoms with Crippen LogP contribution in [-0.2, 0) is 4.79 Å². The Balaban J connectivity index is 1.94. The van der Waals surface area contributed by atoms with Crippen molar-refractivity contribution in [1.29, 1.82) is 0 Å². The van der Waals surface area contributed by atoms with E-state index in [2.05, 4.69) is 4.98 Å². The summed E-state index contributed by atoms with van der Waals surface area (Å²) < 4.78 is 0. The summed E-state index contributed by atoms with van der Waals surface area (Å²) in [5, 5.41) is 11.1. The zero-order valence-corrected chi connectivity index (χ0v) is 12.5. The van der Waals surface area contributed by atoms with Gasteiger partial charge in [0.2, 0.25) is 0 Å². The molecule has 1 unspecified atom stereocenters. The number of amides is 1. The van der Waals surface area contributed by atoms with Gasteiger partial charge in [-0.05, 0) is 31.2 Å². The molecule has 5 heteroatoms. The van der Waals surface area contributed by atoms with Crippen LogP contribution in [0.3, 0.4) is 0 Å². The van der Waals surface area contributed by atoms with E-state index in [0.717, 1.165) is 10.8 Å². The van der Waals surface area contributed by atoms with Gasteiger partial charge in [-0.1, -0.05) is 24.3 Å². The average molecular weight is 298 g/mol. The zero-order valence-electron chi connectivity index (χ0n) is 12.5. The van der Waals surface area contributed by atoms with Crippen LogP contribution in [0.1, 0.15) is 30.3 Å². The summed E-state index contributed by atoms with van der Waals surface area (Å²) in [5.41, 5.74) is -0.480. The molecule has 3 rings (SSSR count). The van der Waals surface area contributed by atoms with Crippen LogP contribution in [0, 0.1) is 5.41 Å². The zero-order chi connectivity index (χ0) is 15.7. The van der Waals surface area contributed by atoms with Crippen molar-refractivity contribution in [3.63, 3.8) is 0 Å². The van der Waals surface area contributed by atoms with Gasteiger partial charge in [0.05, 0.1) is 5.41 Å². The molecule has 114 valence electrons. The summed E-state index contributed by atoms with van der Waals surface area (Å²) in [5.74, 6) is -1.04. The van der Waals surface area contributed by atoms with E-state index in [1.54, 1.807) is 18.0 Å². The monoisotopic (exact) mass is 298 g/mol. The molecule has 1 fully saturated rings. The van der Waals surface area contributed by atoms with E-state index in [4.69, 9.17) is 0 Å². The van der Waals surface area contributed by atoms with Gasteiger partial charge in [-0.3, -0.25) is 14.6 Å². The maximum absolute atomic E-state index is 12.8. The Hall–Kier alpha value is -2.43. The molecule has 1 aromatic heterocycles. The van der Waals surface area contributed by atoms with Crippen molar-refractivity contribution in [2.24, 2.45) is 5.41 Å². The van der Waals surface area contributed by atoms with Gasteiger partial charge >= 0.3 is 5.97 Å². The van der Waals surface area contributed by atoms with E-state index in [-0.39, 0.29) is 12.5 Å². The van der Waals surface area contributed by atoms with Gasteiger partial charge in [0.15, 0.2) is 0 Å². The first-order valence-corrected chi connectivity index (χ1v) is 7.38. The van der Waals surface area contributed by atoms with Gasteiger partial charge in [-0.15, -0.1) is 0 Å². The number of aliphatic carboxylic acids is 1. The van der Waals surface area contributed by atoms with Gasteiger partial charge in [-0.25, -0.2) is 0 Å². The highest BCUT2D eigenvalue weighted by atomic mass is 16.4. The van der Waals surface area contributed by atoms with Gasteiger partial charge in [0.1, 0.15) is 5.69 Å². The first kappa shape index (κ1) is 14.5. The van der Waals surface area contributed by atoms with Crippen molar-refractivity contribution < 1.29 is 14.7 Å². The highest BCUT2D eigenvalue weighted by Gasteiger charge is 2.39. The maximum Gasteiger partial charge on any atom is 0.311 e. The highest BCUT2D eigenvalue weighted by Crippen LogP contribution is 2.31. The largest absolute Gasteiger partial charge is 0.481 e. The fraction of sp³-hybridized carbons (Fsp3) is 0.353. The van der Waals surface area contributed by atoms with E-state index in [1.165, 1.54) is 0 Å². The number of carboxylic acids is 1. The summed E-state index contributed by atoms with van der Waals surface area (Å²) in [6.45, 7) is 2.50. The van der Waals surface area contributed by atoms with E-state index >= 15 is 0 Å². The Morgan fingerprint density at radius 3 is 2.82 bits per heavy atom. The number of benzene rings is 1. The number of hydrogen-bond donors (Lipinski definition) is 1. The quantitative estimate of drug-likeness (QED) is 0.925. The summed E-state index contributed by atoms with van der Waals surface area (Å²) in [6, 6.07) is 9.46. The third-order valence-electron chi connectivity index (χ3n) is 4.38. The first-order chi connectivity index (χ1) is 10.5. The normalized spacial score (nSPS) is 21.8. The molecule has 0 aliphatic carbocycles. The molecule has 1 aromatic carbocycles. The van der Waals surface area contributed by atoms with Crippen molar-refractivity contribution in [2.45, 2.75) is 19.8 Å². The molecule has 5 nitrogen and oxygen atoms in total. The molecule has 1 amide bonds. The number of likely N-dealkylation sites (tertiary alicyclic amines) is 1. The number of pyridine rings is 1. The van der Waals surface area contributed by atoms with E-state index in [1.807, 2.05) is 30.3 Å². The van der Waals surface area contributed by atoms with Crippen LogP contribution >= 0.6 is 0 Å². The lowest BCUT2D eigenvalue weighted by atomic mass is 9.82. The molecule has 0 radical (unpaired) electrons. The number of aromatic nitrogens is 1. The Bertz CT molecular complexity index is 738. The fourth-order valence-corrected chi connectivity index (χ4v) is 3.03. The summed E-state index contributed by atoms with van der Waals surface area (Å²) in [6.07, 6.45) is 2.91. The summed E-state index contributed by atoms with van der Waals surface area (Å²) >= 11 is 0. The number of carbonyl (C=O) groups is 2. The fourth-order valence-electron chi connectivity index (χ4n) is 3.03. The van der Waals surface area contributed by atoms with Crippen LogP contribution in [0.2, 0.25) is 0 Å². The van der Waals surface area contributed by atoms with Crippen molar-refractivity contribution >= 4 is 22.6 Å².